The summed E-state index contributed by atoms with van der Waals surface area (Å²) in [5.41, 5.74) is 2.42. The van der Waals surface area contributed by atoms with Crippen LogP contribution in [0, 0.1) is 5.82 Å². The van der Waals surface area contributed by atoms with E-state index in [-0.39, 0.29) is 24.0 Å². The second kappa shape index (κ2) is 8.41. The molecule has 0 aliphatic carbocycles. The van der Waals surface area contributed by atoms with Crippen LogP contribution in [0.25, 0.3) is 6.08 Å². The molecule has 0 spiro atoms. The maximum absolute atomic E-state index is 13.0. The molecule has 0 unspecified atom stereocenters. The second-order valence-electron chi connectivity index (χ2n) is 6.27. The van der Waals surface area contributed by atoms with Crippen LogP contribution in [-0.4, -0.2) is 11.9 Å². The molecule has 0 bridgehead atoms. The largest absolute Gasteiger partial charge is 0.488 e. The number of halogens is 2. The van der Waals surface area contributed by atoms with E-state index in [9.17, 15) is 9.18 Å². The summed E-state index contributed by atoms with van der Waals surface area (Å²) in [4.78, 5) is 16.6. The lowest BCUT2D eigenvalue weighted by molar-refractivity contribution is -0.129. The summed E-state index contributed by atoms with van der Waals surface area (Å²) in [6.45, 7) is 0.274. The number of para-hydroxylation sites is 1. The summed E-state index contributed by atoms with van der Waals surface area (Å²) in [5.74, 6) is 0.0153. The Balaban J connectivity index is 1.58. The lowest BCUT2D eigenvalue weighted by Crippen LogP contribution is -2.06. The van der Waals surface area contributed by atoms with Crippen molar-refractivity contribution in [2.75, 3.05) is 0 Å². The Labute approximate surface area is 175 Å². The van der Waals surface area contributed by atoms with Gasteiger partial charge in [-0.3, -0.25) is 0 Å². The summed E-state index contributed by atoms with van der Waals surface area (Å²) < 4.78 is 25.0. The highest BCUT2D eigenvalue weighted by atomic mass is 79.9. The summed E-state index contributed by atoms with van der Waals surface area (Å²) in [7, 11) is 0. The van der Waals surface area contributed by atoms with E-state index in [0.29, 0.717) is 16.9 Å². The first kappa shape index (κ1) is 19.1. The number of rotatable bonds is 5. The van der Waals surface area contributed by atoms with Gasteiger partial charge in [0.25, 0.3) is 0 Å². The fourth-order valence-corrected chi connectivity index (χ4v) is 3.23. The van der Waals surface area contributed by atoms with E-state index in [1.807, 2.05) is 42.5 Å². The molecule has 4 rings (SSSR count). The zero-order valence-electron chi connectivity index (χ0n) is 15.1. The molecule has 1 aliphatic rings. The molecule has 4 nitrogen and oxygen atoms in total. The molecule has 29 heavy (non-hydrogen) atoms. The third kappa shape index (κ3) is 4.43. The lowest BCUT2D eigenvalue weighted by Gasteiger charge is -2.09. The normalized spacial score (nSPS) is 14.6. The molecule has 144 valence electrons. The smallest absolute Gasteiger partial charge is 0.363 e. The third-order valence-corrected chi connectivity index (χ3v) is 4.94. The second-order valence-corrected chi connectivity index (χ2v) is 7.12. The first-order chi connectivity index (χ1) is 14.1. The highest BCUT2D eigenvalue weighted by Crippen LogP contribution is 2.27. The number of carbonyl (C=O) groups excluding carboxylic acids is 1. The van der Waals surface area contributed by atoms with Crippen LogP contribution in [0.5, 0.6) is 5.75 Å². The topological polar surface area (TPSA) is 47.9 Å². The Morgan fingerprint density at radius 3 is 2.52 bits per heavy atom. The molecule has 3 aromatic carbocycles. The Kier molecular flexibility index (Phi) is 5.53. The predicted octanol–water partition coefficient (Wildman–Crippen LogP) is 5.51. The maximum atomic E-state index is 13.0. The van der Waals surface area contributed by atoms with Gasteiger partial charge in [0.2, 0.25) is 5.90 Å². The van der Waals surface area contributed by atoms with E-state index in [1.54, 1.807) is 24.3 Å². The molecule has 6 heteroatoms. The summed E-state index contributed by atoms with van der Waals surface area (Å²) in [6.07, 6.45) is 1.63. The van der Waals surface area contributed by atoms with Gasteiger partial charge in [0.05, 0.1) is 5.56 Å². The average molecular weight is 452 g/mol. The van der Waals surface area contributed by atoms with Gasteiger partial charge < -0.3 is 9.47 Å². The summed E-state index contributed by atoms with van der Waals surface area (Å²) in [5, 5.41) is 0. The number of hydrogen-bond acceptors (Lipinski definition) is 4. The molecule has 0 fully saturated rings. The SMILES string of the molecule is O=C1OC(c2ccccc2Br)=N/C1=C\c1ccccc1OCc1ccc(F)cc1. The van der Waals surface area contributed by atoms with Crippen molar-refractivity contribution < 1.29 is 18.7 Å². The molecule has 0 atom stereocenters. The van der Waals surface area contributed by atoms with Crippen molar-refractivity contribution >= 4 is 33.9 Å². The van der Waals surface area contributed by atoms with Crippen LogP contribution in [-0.2, 0) is 16.1 Å². The van der Waals surface area contributed by atoms with Crippen molar-refractivity contribution in [3.63, 3.8) is 0 Å². The van der Waals surface area contributed by atoms with Gasteiger partial charge in [0.15, 0.2) is 5.70 Å². The minimum Gasteiger partial charge on any atom is -0.488 e. The zero-order valence-corrected chi connectivity index (χ0v) is 16.7. The number of esters is 1. The number of benzene rings is 3. The molecule has 0 aromatic heterocycles. The number of hydrogen-bond donors (Lipinski definition) is 0. The van der Waals surface area contributed by atoms with Crippen molar-refractivity contribution in [3.05, 3.63) is 105 Å². The van der Waals surface area contributed by atoms with Crippen LogP contribution in [0.2, 0.25) is 0 Å². The minimum absolute atomic E-state index is 0.189. The van der Waals surface area contributed by atoms with Crippen LogP contribution in [0.1, 0.15) is 16.7 Å². The van der Waals surface area contributed by atoms with E-state index in [0.717, 1.165) is 10.0 Å². The molecule has 0 radical (unpaired) electrons. The van der Waals surface area contributed by atoms with Crippen molar-refractivity contribution in [1.82, 2.24) is 0 Å². The van der Waals surface area contributed by atoms with Gasteiger partial charge in [-0.25, -0.2) is 14.2 Å². The average Bonchev–Trinajstić information content (AvgIpc) is 3.09. The standard InChI is InChI=1S/C23H15BrFNO3/c24-19-7-3-2-6-18(19)22-26-20(23(27)29-22)13-16-5-1-4-8-21(16)28-14-15-9-11-17(25)12-10-15/h1-13H,14H2/b20-13-. The number of cyclic esters (lactones) is 1. The van der Waals surface area contributed by atoms with E-state index < -0.39 is 5.97 Å². The van der Waals surface area contributed by atoms with Crippen molar-refractivity contribution in [3.8, 4) is 5.75 Å². The van der Waals surface area contributed by atoms with Crippen LogP contribution >= 0.6 is 15.9 Å². The Hall–Kier alpha value is -3.25. The quantitative estimate of drug-likeness (QED) is 0.379. The van der Waals surface area contributed by atoms with Gasteiger partial charge in [0.1, 0.15) is 18.2 Å². The number of aliphatic imine (C=N–C) groups is 1. The highest BCUT2D eigenvalue weighted by molar-refractivity contribution is 9.10. The van der Waals surface area contributed by atoms with Crippen molar-refractivity contribution in [2.45, 2.75) is 6.61 Å². The molecule has 0 saturated heterocycles. The Morgan fingerprint density at radius 1 is 1.00 bits per heavy atom. The fourth-order valence-electron chi connectivity index (χ4n) is 2.78. The van der Waals surface area contributed by atoms with Gasteiger partial charge in [-0.05, 0) is 57.9 Å². The molecule has 1 aliphatic heterocycles. The number of nitrogens with zero attached hydrogens (tertiary/aromatic N) is 1. The Bertz CT molecular complexity index is 1120. The molecule has 0 N–H and O–H groups in total. The molecule has 0 saturated carbocycles. The van der Waals surface area contributed by atoms with E-state index in [2.05, 4.69) is 20.9 Å². The van der Waals surface area contributed by atoms with Gasteiger partial charge in [-0.2, -0.15) is 0 Å². The zero-order chi connectivity index (χ0) is 20.2. The monoisotopic (exact) mass is 451 g/mol. The molecular formula is C23H15BrFNO3. The van der Waals surface area contributed by atoms with E-state index in [1.165, 1.54) is 12.1 Å². The third-order valence-electron chi connectivity index (χ3n) is 4.24. The van der Waals surface area contributed by atoms with Crippen LogP contribution in [0.15, 0.2) is 88.0 Å². The van der Waals surface area contributed by atoms with E-state index in [4.69, 9.17) is 9.47 Å². The van der Waals surface area contributed by atoms with Crippen molar-refractivity contribution in [1.29, 1.82) is 0 Å². The van der Waals surface area contributed by atoms with Crippen LogP contribution in [0.3, 0.4) is 0 Å². The van der Waals surface area contributed by atoms with Crippen LogP contribution in [0.4, 0.5) is 4.39 Å². The number of ether oxygens (including phenoxy) is 2. The molecule has 0 amide bonds. The fraction of sp³-hybridized carbons (Fsp3) is 0.0435. The van der Waals surface area contributed by atoms with Gasteiger partial charge >= 0.3 is 5.97 Å². The minimum atomic E-state index is -0.524. The summed E-state index contributed by atoms with van der Waals surface area (Å²) >= 11 is 3.44. The molecule has 3 aromatic rings. The molecule has 1 heterocycles. The van der Waals surface area contributed by atoms with Crippen molar-refractivity contribution in [2.24, 2.45) is 4.99 Å². The van der Waals surface area contributed by atoms with Crippen LogP contribution < -0.4 is 4.74 Å². The Morgan fingerprint density at radius 2 is 1.72 bits per heavy atom. The maximum Gasteiger partial charge on any atom is 0.363 e. The summed E-state index contributed by atoms with van der Waals surface area (Å²) in [6, 6.07) is 20.8. The first-order valence-electron chi connectivity index (χ1n) is 8.84. The first-order valence-corrected chi connectivity index (χ1v) is 9.63. The van der Waals surface area contributed by atoms with Gasteiger partial charge in [-0.15, -0.1) is 0 Å². The molecular weight excluding hydrogens is 437 g/mol. The predicted molar refractivity (Wildman–Crippen MR) is 112 cm³/mol. The van der Waals surface area contributed by atoms with E-state index >= 15 is 0 Å². The number of carbonyl (C=O) groups is 1. The highest BCUT2D eigenvalue weighted by Gasteiger charge is 2.25. The lowest BCUT2D eigenvalue weighted by atomic mass is 10.1. The van der Waals surface area contributed by atoms with Gasteiger partial charge in [0, 0.05) is 10.0 Å². The van der Waals surface area contributed by atoms with Gasteiger partial charge in [-0.1, -0.05) is 42.5 Å².